The summed E-state index contributed by atoms with van der Waals surface area (Å²) in [5.74, 6) is 2.16. The molecule has 0 bridgehead atoms. The molecule has 4 nitrogen and oxygen atoms in total. The lowest BCUT2D eigenvalue weighted by atomic mass is 10.1. The Morgan fingerprint density at radius 1 is 1.26 bits per heavy atom. The lowest BCUT2D eigenvalue weighted by Crippen LogP contribution is -2.07. The van der Waals surface area contributed by atoms with Crippen molar-refractivity contribution in [2.75, 3.05) is 6.54 Å². The molecule has 0 aliphatic rings. The molecule has 1 aromatic heterocycles. The highest BCUT2D eigenvalue weighted by molar-refractivity contribution is 5.44. The third kappa shape index (κ3) is 2.68. The second-order valence-electron chi connectivity index (χ2n) is 5.21. The maximum absolute atomic E-state index is 5.60. The van der Waals surface area contributed by atoms with Crippen molar-refractivity contribution in [1.29, 1.82) is 0 Å². The van der Waals surface area contributed by atoms with Crippen molar-refractivity contribution in [3.63, 3.8) is 0 Å². The Balaban J connectivity index is 2.56. The van der Waals surface area contributed by atoms with E-state index in [-0.39, 0.29) is 0 Å². The van der Waals surface area contributed by atoms with Gasteiger partial charge in [-0.1, -0.05) is 26.0 Å². The molecule has 0 radical (unpaired) electrons. The van der Waals surface area contributed by atoms with Crippen LogP contribution in [-0.2, 0) is 6.42 Å². The summed E-state index contributed by atoms with van der Waals surface area (Å²) in [7, 11) is 0. The topological polar surface area (TPSA) is 56.7 Å². The Kier molecular flexibility index (Phi) is 4.00. The highest BCUT2D eigenvalue weighted by Gasteiger charge is 2.15. The number of rotatable bonds is 4. The molecular weight excluding hydrogens is 236 g/mol. The molecule has 19 heavy (non-hydrogen) atoms. The van der Waals surface area contributed by atoms with E-state index in [1.165, 1.54) is 11.1 Å². The average molecular weight is 258 g/mol. The molecule has 0 atom stereocenters. The fourth-order valence-electron chi connectivity index (χ4n) is 2.12. The van der Waals surface area contributed by atoms with Crippen LogP contribution in [0.1, 0.15) is 42.5 Å². The fourth-order valence-corrected chi connectivity index (χ4v) is 2.12. The molecule has 0 aliphatic carbocycles. The van der Waals surface area contributed by atoms with Crippen LogP contribution in [-0.4, -0.2) is 21.3 Å². The molecule has 0 aliphatic heterocycles. The summed E-state index contributed by atoms with van der Waals surface area (Å²) in [6.07, 6.45) is 0.720. The molecule has 0 fully saturated rings. The Labute approximate surface area is 114 Å². The van der Waals surface area contributed by atoms with Gasteiger partial charge in [0.25, 0.3) is 0 Å². The minimum Gasteiger partial charge on any atom is -0.330 e. The van der Waals surface area contributed by atoms with Gasteiger partial charge in [0.15, 0.2) is 5.82 Å². The first-order valence-electron chi connectivity index (χ1n) is 6.77. The first-order valence-corrected chi connectivity index (χ1v) is 6.77. The average Bonchev–Trinajstić information content (AvgIpc) is 2.77. The molecule has 2 rings (SSSR count). The minimum atomic E-state index is 0.332. The van der Waals surface area contributed by atoms with Gasteiger partial charge < -0.3 is 5.73 Å². The first kappa shape index (κ1) is 13.7. The van der Waals surface area contributed by atoms with Gasteiger partial charge in [0, 0.05) is 12.3 Å². The van der Waals surface area contributed by atoms with Gasteiger partial charge in [-0.2, -0.15) is 5.10 Å². The molecule has 0 amide bonds. The lowest BCUT2D eigenvalue weighted by molar-refractivity contribution is 0.710. The number of aryl methyl sites for hydroxylation is 1. The summed E-state index contributed by atoms with van der Waals surface area (Å²) in [6, 6.07) is 6.27. The summed E-state index contributed by atoms with van der Waals surface area (Å²) in [5, 5.41) is 4.62. The number of nitrogens with two attached hydrogens (primary N) is 1. The van der Waals surface area contributed by atoms with Gasteiger partial charge in [-0.15, -0.1) is 0 Å². The lowest BCUT2D eigenvalue weighted by Gasteiger charge is -2.12. The van der Waals surface area contributed by atoms with Crippen molar-refractivity contribution < 1.29 is 0 Å². The Hall–Kier alpha value is -1.68. The normalized spacial score (nSPS) is 11.3. The van der Waals surface area contributed by atoms with Crippen LogP contribution in [0.5, 0.6) is 0 Å². The van der Waals surface area contributed by atoms with Gasteiger partial charge >= 0.3 is 0 Å². The van der Waals surface area contributed by atoms with E-state index >= 15 is 0 Å². The van der Waals surface area contributed by atoms with Crippen LogP contribution in [0.15, 0.2) is 18.2 Å². The molecule has 0 unspecified atom stereocenters. The molecule has 0 saturated heterocycles. The predicted octanol–water partition coefficient (Wildman–Crippen LogP) is 2.51. The van der Waals surface area contributed by atoms with Crippen molar-refractivity contribution in [3.05, 3.63) is 41.0 Å². The maximum atomic E-state index is 5.60. The minimum absolute atomic E-state index is 0.332. The molecule has 4 heteroatoms. The molecule has 0 saturated carbocycles. The van der Waals surface area contributed by atoms with E-state index in [0.29, 0.717) is 12.5 Å². The number of hydrogen-bond donors (Lipinski definition) is 1. The zero-order valence-electron chi connectivity index (χ0n) is 12.1. The van der Waals surface area contributed by atoms with Crippen LogP contribution < -0.4 is 5.73 Å². The van der Waals surface area contributed by atoms with Crippen LogP contribution in [0.3, 0.4) is 0 Å². The second-order valence-corrected chi connectivity index (χ2v) is 5.21. The third-order valence-corrected chi connectivity index (χ3v) is 3.36. The van der Waals surface area contributed by atoms with E-state index < -0.39 is 0 Å². The maximum Gasteiger partial charge on any atom is 0.152 e. The molecule has 1 heterocycles. The van der Waals surface area contributed by atoms with Crippen molar-refractivity contribution in [2.45, 2.75) is 40.0 Å². The van der Waals surface area contributed by atoms with Gasteiger partial charge in [-0.05, 0) is 37.6 Å². The van der Waals surface area contributed by atoms with Gasteiger partial charge in [-0.3, -0.25) is 0 Å². The van der Waals surface area contributed by atoms with Crippen LogP contribution >= 0.6 is 0 Å². The van der Waals surface area contributed by atoms with Gasteiger partial charge in [-0.25, -0.2) is 9.67 Å². The van der Waals surface area contributed by atoms with Gasteiger partial charge in [0.05, 0.1) is 5.69 Å². The summed E-state index contributed by atoms with van der Waals surface area (Å²) in [6.45, 7) is 9.09. The zero-order chi connectivity index (χ0) is 14.0. The third-order valence-electron chi connectivity index (χ3n) is 3.36. The largest absolute Gasteiger partial charge is 0.330 e. The van der Waals surface area contributed by atoms with Crippen molar-refractivity contribution in [2.24, 2.45) is 5.73 Å². The Bertz CT molecular complexity index is 570. The van der Waals surface area contributed by atoms with Crippen LogP contribution in [0, 0.1) is 13.8 Å². The Morgan fingerprint density at radius 3 is 2.63 bits per heavy atom. The van der Waals surface area contributed by atoms with Crippen molar-refractivity contribution in [1.82, 2.24) is 14.8 Å². The molecular formula is C15H22N4. The summed E-state index contributed by atoms with van der Waals surface area (Å²) < 4.78 is 1.97. The number of aromatic nitrogens is 3. The number of nitrogens with zero attached hydrogens (tertiary/aromatic N) is 3. The van der Waals surface area contributed by atoms with E-state index in [4.69, 9.17) is 5.73 Å². The smallest absolute Gasteiger partial charge is 0.152 e. The number of hydrogen-bond acceptors (Lipinski definition) is 3. The van der Waals surface area contributed by atoms with Crippen molar-refractivity contribution >= 4 is 0 Å². The van der Waals surface area contributed by atoms with Crippen LogP contribution in [0.25, 0.3) is 5.69 Å². The number of benzene rings is 1. The standard InChI is InChI=1S/C15H22N4/c1-10(2)15-17-14(8-9-16)18-19(15)13-7-5-6-11(3)12(13)4/h5-7,10H,8-9,16H2,1-4H3. The second kappa shape index (κ2) is 5.53. The Morgan fingerprint density at radius 2 is 2.00 bits per heavy atom. The van der Waals surface area contributed by atoms with Crippen LogP contribution in [0.2, 0.25) is 0 Å². The fraction of sp³-hybridized carbons (Fsp3) is 0.467. The van der Waals surface area contributed by atoms with Gasteiger partial charge in [0.2, 0.25) is 0 Å². The van der Waals surface area contributed by atoms with E-state index in [1.807, 2.05) is 4.68 Å². The first-order chi connectivity index (χ1) is 9.04. The molecule has 1 aromatic carbocycles. The van der Waals surface area contributed by atoms with Crippen molar-refractivity contribution in [3.8, 4) is 5.69 Å². The summed E-state index contributed by atoms with van der Waals surface area (Å²) >= 11 is 0. The van der Waals surface area contributed by atoms with E-state index in [9.17, 15) is 0 Å². The van der Waals surface area contributed by atoms with E-state index in [2.05, 4.69) is 56.0 Å². The molecule has 0 spiro atoms. The highest BCUT2D eigenvalue weighted by Crippen LogP contribution is 2.22. The molecule has 2 N–H and O–H groups in total. The predicted molar refractivity (Wildman–Crippen MR) is 77.7 cm³/mol. The highest BCUT2D eigenvalue weighted by atomic mass is 15.4. The zero-order valence-corrected chi connectivity index (χ0v) is 12.1. The quantitative estimate of drug-likeness (QED) is 0.916. The summed E-state index contributed by atoms with van der Waals surface area (Å²) in [4.78, 5) is 4.62. The molecule has 102 valence electrons. The monoisotopic (exact) mass is 258 g/mol. The van der Waals surface area contributed by atoms with E-state index in [0.717, 1.165) is 23.8 Å². The molecule has 2 aromatic rings. The SMILES string of the molecule is Cc1cccc(-n2nc(CCN)nc2C(C)C)c1C. The summed E-state index contributed by atoms with van der Waals surface area (Å²) in [5.41, 5.74) is 9.22. The van der Waals surface area contributed by atoms with E-state index in [1.54, 1.807) is 0 Å². The van der Waals surface area contributed by atoms with Gasteiger partial charge in [0.1, 0.15) is 5.82 Å². The van der Waals surface area contributed by atoms with Crippen LogP contribution in [0.4, 0.5) is 0 Å².